The first-order chi connectivity index (χ1) is 10.1. The second-order valence-corrected chi connectivity index (χ2v) is 6.35. The zero-order valence-electron chi connectivity index (χ0n) is 12.8. The van der Waals surface area contributed by atoms with Gasteiger partial charge in [0.05, 0.1) is 0 Å². The van der Waals surface area contributed by atoms with E-state index in [0.717, 1.165) is 18.7 Å². The lowest BCUT2D eigenvalue weighted by Gasteiger charge is -2.43. The van der Waals surface area contributed by atoms with Gasteiger partial charge in [0.1, 0.15) is 0 Å². The third-order valence-electron chi connectivity index (χ3n) is 4.59. The van der Waals surface area contributed by atoms with E-state index < -0.39 is 0 Å². The molecular weight excluding hydrogens is 264 g/mol. The molecule has 2 bridgehead atoms. The number of nitrogens with zero attached hydrogens (tertiary/aromatic N) is 3. The number of likely N-dealkylation sites (tertiary alicyclic amines) is 1. The highest BCUT2D eigenvalue weighted by atomic mass is 16.2. The molecule has 2 fully saturated rings. The van der Waals surface area contributed by atoms with Crippen LogP contribution in [0.5, 0.6) is 0 Å². The molecular formula is C16H24N4O. The molecule has 1 aromatic rings. The van der Waals surface area contributed by atoms with Gasteiger partial charge in [-0.15, -0.1) is 0 Å². The van der Waals surface area contributed by atoms with Crippen LogP contribution in [-0.4, -0.2) is 52.0 Å². The number of fused-ring (bicyclic) bond motifs is 2. The Morgan fingerprint density at radius 1 is 1.38 bits per heavy atom. The minimum absolute atomic E-state index is 0.0548. The highest BCUT2D eigenvalue weighted by molar-refractivity contribution is 5.74. The molecule has 114 valence electrons. The molecule has 3 heterocycles. The summed E-state index contributed by atoms with van der Waals surface area (Å²) in [6.07, 6.45) is 5.97. The second-order valence-electron chi connectivity index (χ2n) is 6.35. The minimum atomic E-state index is 0.0548. The Kier molecular flexibility index (Phi) is 4.10. The topological polar surface area (TPSA) is 48.5 Å². The van der Waals surface area contributed by atoms with Gasteiger partial charge in [-0.25, -0.2) is 4.79 Å². The fourth-order valence-corrected chi connectivity index (χ4v) is 3.74. The van der Waals surface area contributed by atoms with Crippen LogP contribution in [-0.2, 0) is 6.54 Å². The summed E-state index contributed by atoms with van der Waals surface area (Å²) in [6, 6.07) is 5.57. The summed E-state index contributed by atoms with van der Waals surface area (Å²) in [5.41, 5.74) is 1.04. The fraction of sp³-hybridized carbons (Fsp3) is 0.625. The zero-order chi connectivity index (χ0) is 14.8. The van der Waals surface area contributed by atoms with Gasteiger partial charge in [-0.1, -0.05) is 6.07 Å². The molecule has 2 aliphatic rings. The van der Waals surface area contributed by atoms with E-state index in [1.807, 2.05) is 17.0 Å². The van der Waals surface area contributed by atoms with Crippen molar-refractivity contribution >= 4 is 6.03 Å². The van der Waals surface area contributed by atoms with Crippen molar-refractivity contribution in [1.29, 1.82) is 0 Å². The van der Waals surface area contributed by atoms with Crippen LogP contribution >= 0.6 is 0 Å². The van der Waals surface area contributed by atoms with Crippen LogP contribution in [0.25, 0.3) is 0 Å². The quantitative estimate of drug-likeness (QED) is 0.923. The maximum Gasteiger partial charge on any atom is 0.317 e. The van der Waals surface area contributed by atoms with E-state index in [2.05, 4.69) is 29.0 Å². The lowest BCUT2D eigenvalue weighted by Crippen LogP contribution is -2.58. The molecule has 0 aliphatic carbocycles. The third-order valence-corrected chi connectivity index (χ3v) is 4.59. The Morgan fingerprint density at radius 3 is 2.67 bits per heavy atom. The highest BCUT2D eigenvalue weighted by Crippen LogP contribution is 2.31. The second kappa shape index (κ2) is 6.02. The Bertz CT molecular complexity index is 476. The number of amides is 2. The van der Waals surface area contributed by atoms with Crippen molar-refractivity contribution in [2.75, 3.05) is 13.1 Å². The van der Waals surface area contributed by atoms with Crippen LogP contribution in [0.3, 0.4) is 0 Å². The van der Waals surface area contributed by atoms with Gasteiger partial charge in [0.25, 0.3) is 0 Å². The lowest BCUT2D eigenvalue weighted by molar-refractivity contribution is 0.0590. The first-order valence-corrected chi connectivity index (χ1v) is 7.84. The predicted octanol–water partition coefficient (Wildman–Crippen LogP) is 1.85. The van der Waals surface area contributed by atoms with E-state index in [9.17, 15) is 4.79 Å². The minimum Gasteiger partial charge on any atom is -0.334 e. The number of piperazine rings is 1. The molecule has 2 aliphatic heterocycles. The van der Waals surface area contributed by atoms with Crippen molar-refractivity contribution in [3.05, 3.63) is 30.1 Å². The molecule has 5 heteroatoms. The van der Waals surface area contributed by atoms with E-state index in [4.69, 9.17) is 0 Å². The zero-order valence-corrected chi connectivity index (χ0v) is 12.8. The molecule has 2 saturated heterocycles. The number of aromatic nitrogens is 1. The van der Waals surface area contributed by atoms with E-state index >= 15 is 0 Å². The molecule has 2 amide bonds. The maximum atomic E-state index is 12.3. The van der Waals surface area contributed by atoms with Crippen LogP contribution in [0.4, 0.5) is 4.79 Å². The molecule has 1 aromatic heterocycles. The number of carbonyl (C=O) groups excluding carboxylic acids is 1. The fourth-order valence-electron chi connectivity index (χ4n) is 3.74. The smallest absolute Gasteiger partial charge is 0.317 e. The Morgan fingerprint density at radius 2 is 2.10 bits per heavy atom. The molecule has 0 saturated carbocycles. The molecule has 2 atom stereocenters. The number of hydrogen-bond acceptors (Lipinski definition) is 3. The number of rotatable bonds is 3. The summed E-state index contributed by atoms with van der Waals surface area (Å²) < 4.78 is 0. The van der Waals surface area contributed by atoms with E-state index in [-0.39, 0.29) is 6.03 Å². The summed E-state index contributed by atoms with van der Waals surface area (Å²) in [5, 5.41) is 3.01. The van der Waals surface area contributed by atoms with Crippen molar-refractivity contribution in [1.82, 2.24) is 20.1 Å². The molecule has 21 heavy (non-hydrogen) atoms. The number of nitrogens with one attached hydrogen (secondary N) is 1. The summed E-state index contributed by atoms with van der Waals surface area (Å²) >= 11 is 0. The van der Waals surface area contributed by atoms with Gasteiger partial charge in [-0.2, -0.15) is 0 Å². The monoisotopic (exact) mass is 288 g/mol. The summed E-state index contributed by atoms with van der Waals surface area (Å²) in [6.45, 7) is 6.76. The highest BCUT2D eigenvalue weighted by Gasteiger charge is 2.42. The third kappa shape index (κ3) is 3.02. The predicted molar refractivity (Wildman–Crippen MR) is 81.8 cm³/mol. The van der Waals surface area contributed by atoms with Crippen LogP contribution in [0, 0.1) is 0 Å². The average molecular weight is 288 g/mol. The van der Waals surface area contributed by atoms with E-state index in [1.165, 1.54) is 12.8 Å². The van der Waals surface area contributed by atoms with Gasteiger partial charge in [-0.3, -0.25) is 9.88 Å². The van der Waals surface area contributed by atoms with Crippen molar-refractivity contribution in [3.8, 4) is 0 Å². The molecule has 0 spiro atoms. The van der Waals surface area contributed by atoms with Crippen molar-refractivity contribution in [3.63, 3.8) is 0 Å². The van der Waals surface area contributed by atoms with Crippen LogP contribution in [0.15, 0.2) is 24.5 Å². The van der Waals surface area contributed by atoms with Crippen LogP contribution < -0.4 is 5.32 Å². The summed E-state index contributed by atoms with van der Waals surface area (Å²) in [7, 11) is 0. The SMILES string of the molecule is CC(C)N1[C@H]2CC[C@H]1CN(C(=O)NCc1cccnc1)C2. The van der Waals surface area contributed by atoms with Gasteiger partial charge < -0.3 is 10.2 Å². The van der Waals surface area contributed by atoms with Gasteiger partial charge in [0.15, 0.2) is 0 Å². The molecule has 5 nitrogen and oxygen atoms in total. The molecule has 1 N–H and O–H groups in total. The van der Waals surface area contributed by atoms with E-state index in [1.54, 1.807) is 12.4 Å². The normalized spacial score (nSPS) is 25.4. The Hall–Kier alpha value is -1.62. The molecule has 3 rings (SSSR count). The standard InChI is InChI=1S/C16H24N4O/c1-12(2)20-14-5-6-15(20)11-19(10-14)16(21)18-9-13-4-3-7-17-8-13/h3-4,7-8,12,14-15H,5-6,9-11H2,1-2H3,(H,18,21)/t14-,15-/m0/s1. The van der Waals surface area contributed by atoms with Crippen molar-refractivity contribution in [2.45, 2.75) is 51.4 Å². The Labute approximate surface area is 126 Å². The van der Waals surface area contributed by atoms with Crippen LogP contribution in [0.1, 0.15) is 32.3 Å². The summed E-state index contributed by atoms with van der Waals surface area (Å²) in [4.78, 5) is 21.0. The first kappa shape index (κ1) is 14.3. The molecule has 0 radical (unpaired) electrons. The van der Waals surface area contributed by atoms with Gasteiger partial charge in [-0.05, 0) is 38.3 Å². The van der Waals surface area contributed by atoms with Gasteiger partial charge >= 0.3 is 6.03 Å². The largest absolute Gasteiger partial charge is 0.334 e. The maximum absolute atomic E-state index is 12.3. The average Bonchev–Trinajstić information content (AvgIpc) is 2.77. The van der Waals surface area contributed by atoms with E-state index in [0.29, 0.717) is 24.7 Å². The number of hydrogen-bond donors (Lipinski definition) is 1. The summed E-state index contributed by atoms with van der Waals surface area (Å²) in [5.74, 6) is 0. The molecule has 0 unspecified atom stereocenters. The Balaban J connectivity index is 1.55. The van der Waals surface area contributed by atoms with Crippen molar-refractivity contribution < 1.29 is 4.79 Å². The first-order valence-electron chi connectivity index (χ1n) is 7.84. The lowest BCUT2D eigenvalue weighted by atomic mass is 10.1. The van der Waals surface area contributed by atoms with Crippen molar-refractivity contribution in [2.24, 2.45) is 0 Å². The van der Waals surface area contributed by atoms with Gasteiger partial charge in [0.2, 0.25) is 0 Å². The number of urea groups is 1. The number of pyridine rings is 1. The van der Waals surface area contributed by atoms with Gasteiger partial charge in [0, 0.05) is 50.2 Å². The molecule has 0 aromatic carbocycles. The number of carbonyl (C=O) groups is 1. The van der Waals surface area contributed by atoms with Crippen LogP contribution in [0.2, 0.25) is 0 Å².